The average molecular weight is 1370 g/mol. The van der Waals surface area contributed by atoms with E-state index >= 15 is 0 Å². The second-order valence-electron chi connectivity index (χ2n) is 24.6. The third kappa shape index (κ3) is 17.1. The first kappa shape index (κ1) is 74.7. The van der Waals surface area contributed by atoms with Crippen LogP contribution in [0.25, 0.3) is 89.7 Å². The normalized spacial score (nSPS) is 11.2. The first-order valence-corrected chi connectivity index (χ1v) is 28.6. The summed E-state index contributed by atoms with van der Waals surface area (Å²) in [5, 5.41) is 3.42. The van der Waals surface area contributed by atoms with Gasteiger partial charge in [0.05, 0.1) is 135 Å². The molecule has 8 bridgehead atoms. The zero-order valence-corrected chi connectivity index (χ0v) is 60.6. The number of rotatable bonds is 9. The Morgan fingerprint density at radius 3 is 0.902 bits per heavy atom. The summed E-state index contributed by atoms with van der Waals surface area (Å²) in [5.74, 6) is 6.02. The molecule has 8 aromatic carbocycles. The molecule has 3 aromatic heterocycles. The van der Waals surface area contributed by atoms with E-state index in [1.54, 1.807) is 21.3 Å². The third-order valence-electron chi connectivity index (χ3n) is 14.7. The standard InChI is InChI=1S/C41H28N9O.3C10H16NO.4ClH.Zn/c1-50(2,3)23-12-10-13-24(22-23)51-32-21-11-20-31-33(32)41-48-39-30-19-9-8-18-29(30)37(46-39)44-35-26-15-5-4-14-25(26)34(42-35)43-36-27-16-6-7-17-28(27)38(45-36)47-40(31)49-41;3*1-11(2,3)9-6-5-7-10(8-9)12-4;;;;;/h4-22H,1-3H3;3*5-8H,1-4H3;4*1H;/q-1;3*+1;;;;;+2/p-4. The largest absolute Gasteiger partial charge is 2.00 e. The molecule has 2 aliphatic heterocycles. The van der Waals surface area contributed by atoms with Gasteiger partial charge in [0.15, 0.2) is 0 Å². The molecule has 92 heavy (non-hydrogen) atoms. The minimum absolute atomic E-state index is 0. The Hall–Kier alpha value is -8.06. The summed E-state index contributed by atoms with van der Waals surface area (Å²) in [6, 6.07) is 62.2. The molecule has 474 valence electrons. The maximum absolute atomic E-state index is 6.63. The van der Waals surface area contributed by atoms with E-state index in [0.29, 0.717) is 61.9 Å². The molecule has 0 saturated heterocycles. The number of ether oxygens (including phenoxy) is 4. The number of methoxy groups -OCH3 is 3. The summed E-state index contributed by atoms with van der Waals surface area (Å²) < 4.78 is 25.1. The summed E-state index contributed by atoms with van der Waals surface area (Å²) >= 11 is 0. The fourth-order valence-electron chi connectivity index (χ4n) is 9.78. The number of fused-ring (bicyclic) bond motifs is 20. The van der Waals surface area contributed by atoms with Crippen molar-refractivity contribution in [2.45, 2.75) is 0 Å². The predicted octanol–water partition coefficient (Wildman–Crippen LogP) is 1.81. The summed E-state index contributed by atoms with van der Waals surface area (Å²) in [4.78, 5) is 40.2. The van der Waals surface area contributed by atoms with Crippen LogP contribution in [0.3, 0.4) is 0 Å². The van der Waals surface area contributed by atoms with Crippen LogP contribution in [0, 0.1) is 0 Å². The number of benzene rings is 8. The summed E-state index contributed by atoms with van der Waals surface area (Å²) in [5.41, 5.74) is 10.1. The van der Waals surface area contributed by atoms with Crippen LogP contribution in [-0.2, 0) is 19.5 Å². The van der Waals surface area contributed by atoms with Gasteiger partial charge in [-0.1, -0.05) is 109 Å². The molecule has 16 nitrogen and oxygen atoms in total. The van der Waals surface area contributed by atoms with Gasteiger partial charge >= 0.3 is 19.5 Å². The smallest absolute Gasteiger partial charge is 1.00 e. The van der Waals surface area contributed by atoms with Gasteiger partial charge in [-0.15, -0.1) is 0 Å². The van der Waals surface area contributed by atoms with Gasteiger partial charge in [-0.05, 0) is 76.1 Å². The van der Waals surface area contributed by atoms with E-state index in [4.69, 9.17) is 58.8 Å². The van der Waals surface area contributed by atoms with Crippen molar-refractivity contribution in [2.75, 3.05) is 106 Å². The molecule has 2 aliphatic rings. The second-order valence-corrected chi connectivity index (χ2v) is 24.6. The summed E-state index contributed by atoms with van der Waals surface area (Å²) in [7, 11) is 30.6. The number of hydrogen-bond acceptors (Lipinski definition) is 10. The molecular weight excluding hydrogens is 1290 g/mol. The number of quaternary nitrogens is 4. The van der Waals surface area contributed by atoms with Gasteiger partial charge in [0.25, 0.3) is 0 Å². The topological polar surface area (TPSA) is 142 Å². The van der Waals surface area contributed by atoms with E-state index in [0.717, 1.165) is 80.2 Å². The molecule has 11 aromatic rings. The Kier molecular flexibility index (Phi) is 25.2. The maximum Gasteiger partial charge on any atom is 2.00 e. The SMILES string of the molecule is COc1cccc([N+](C)(C)C)c1.COc1cccc([N+](C)(C)C)c1.COc1cccc([N+](C)(C)C)c1.C[N+](C)(C)c1cccc(Oc2cccc3c2-c2nc-3nc3[n-]c(nc4nc(nc5[n-]c(n2)c2ccccc52)-c2ccccc2-4)c2ccccc32)c1.[Cl-].[Cl-].[Cl-].[Cl-].[Zn+2]. The van der Waals surface area contributed by atoms with Gasteiger partial charge in [-0.2, -0.15) is 0 Å². The van der Waals surface area contributed by atoms with Crippen molar-refractivity contribution in [3.05, 3.63) is 188 Å². The second kappa shape index (κ2) is 31.0. The molecule has 0 amide bonds. The summed E-state index contributed by atoms with van der Waals surface area (Å²) in [6.45, 7) is 0. The average Bonchev–Trinajstić information content (AvgIpc) is 1.63. The quantitative estimate of drug-likeness (QED) is 0.154. The van der Waals surface area contributed by atoms with Crippen LogP contribution in [0.1, 0.15) is 0 Å². The molecule has 13 rings (SSSR count). The van der Waals surface area contributed by atoms with Gasteiger partial charge in [0.1, 0.15) is 51.5 Å². The van der Waals surface area contributed by atoms with Crippen molar-refractivity contribution < 1.29 is 88.1 Å². The van der Waals surface area contributed by atoms with Crippen molar-refractivity contribution in [3.8, 4) is 74.3 Å². The van der Waals surface area contributed by atoms with Crippen molar-refractivity contribution in [1.29, 1.82) is 0 Å². The molecule has 0 aliphatic carbocycles. The van der Waals surface area contributed by atoms with Gasteiger partial charge in [-0.3, -0.25) is 17.9 Å². The Morgan fingerprint density at radius 2 is 0.565 bits per heavy atom. The molecule has 5 heterocycles. The minimum atomic E-state index is 0. The molecule has 0 N–H and O–H groups in total. The number of hydrogen-bond donors (Lipinski definition) is 0. The van der Waals surface area contributed by atoms with Crippen LogP contribution < -0.4 is 96.5 Å². The van der Waals surface area contributed by atoms with Crippen LogP contribution in [0.15, 0.2) is 188 Å². The minimum Gasteiger partial charge on any atom is -1.00 e. The fourth-order valence-corrected chi connectivity index (χ4v) is 9.78. The Labute approximate surface area is 577 Å². The van der Waals surface area contributed by atoms with Crippen LogP contribution >= 0.6 is 0 Å². The van der Waals surface area contributed by atoms with Crippen LogP contribution in [0.2, 0.25) is 0 Å². The monoisotopic (exact) mass is 1360 g/mol. The molecule has 0 unspecified atom stereocenters. The Morgan fingerprint density at radius 1 is 0.293 bits per heavy atom. The van der Waals surface area contributed by atoms with Crippen molar-refractivity contribution in [1.82, 2.24) is 57.8 Å². The van der Waals surface area contributed by atoms with Gasteiger partial charge in [0.2, 0.25) is 0 Å². The molecule has 0 radical (unpaired) electrons. The van der Waals surface area contributed by atoms with E-state index in [-0.39, 0.29) is 69.1 Å². The number of nitrogens with zero attached hydrogens (tertiary/aromatic N) is 12. The van der Waals surface area contributed by atoms with Crippen molar-refractivity contribution in [2.24, 2.45) is 0 Å². The van der Waals surface area contributed by atoms with E-state index in [1.165, 1.54) is 17.1 Å². The molecule has 0 fully saturated rings. The Balaban J connectivity index is 0.000000306. The molecule has 21 heteroatoms. The molecule has 0 atom stereocenters. The van der Waals surface area contributed by atoms with Crippen LogP contribution in [-0.4, -0.2) is 136 Å². The third-order valence-corrected chi connectivity index (χ3v) is 14.7. The zero-order valence-electron chi connectivity index (χ0n) is 54.6. The molecule has 0 saturated carbocycles. The van der Waals surface area contributed by atoms with Crippen molar-refractivity contribution >= 4 is 66.9 Å². The Bertz CT molecular complexity index is 4360. The molecule has 0 spiro atoms. The van der Waals surface area contributed by atoms with Crippen LogP contribution in [0.5, 0.6) is 28.7 Å². The molecular formula is C71H76Cl4N12O4Zn. The van der Waals surface area contributed by atoms with Crippen LogP contribution in [0.4, 0.5) is 22.7 Å². The van der Waals surface area contributed by atoms with Crippen molar-refractivity contribution in [3.63, 3.8) is 0 Å². The van der Waals surface area contributed by atoms with E-state index in [1.807, 2.05) is 140 Å². The van der Waals surface area contributed by atoms with Gasteiger partial charge in [-0.25, -0.2) is 9.97 Å². The maximum atomic E-state index is 6.63. The first-order chi connectivity index (χ1) is 41.5. The number of halogens is 4. The van der Waals surface area contributed by atoms with E-state index in [2.05, 4.69) is 133 Å². The fraction of sp³-hybridized carbons (Fsp3) is 0.211. The number of aromatic nitrogens is 8. The zero-order chi connectivity index (χ0) is 61.8. The predicted molar refractivity (Wildman–Crippen MR) is 358 cm³/mol. The van der Waals surface area contributed by atoms with Gasteiger partial charge < -0.3 is 98.5 Å². The van der Waals surface area contributed by atoms with Gasteiger partial charge in [0, 0.05) is 63.5 Å². The van der Waals surface area contributed by atoms with E-state index in [9.17, 15) is 0 Å². The first-order valence-electron chi connectivity index (χ1n) is 28.6. The summed E-state index contributed by atoms with van der Waals surface area (Å²) in [6.07, 6.45) is 0. The van der Waals surface area contributed by atoms with E-state index < -0.39 is 0 Å².